The average molecular weight is 479 g/mol. The third-order valence-corrected chi connectivity index (χ3v) is 6.78. The van der Waals surface area contributed by atoms with Crippen molar-refractivity contribution in [1.29, 1.82) is 0 Å². The fourth-order valence-electron chi connectivity index (χ4n) is 2.90. The van der Waals surface area contributed by atoms with Gasteiger partial charge in [0, 0.05) is 30.4 Å². The Hall–Kier alpha value is -3.02. The molecule has 0 radical (unpaired) electrons. The van der Waals surface area contributed by atoms with Gasteiger partial charge in [-0.05, 0) is 54.1 Å². The van der Waals surface area contributed by atoms with E-state index in [1.54, 1.807) is 30.3 Å². The number of hydrogen-bond donors (Lipinski definition) is 1. The number of amides is 1. The van der Waals surface area contributed by atoms with Crippen molar-refractivity contribution in [2.24, 2.45) is 0 Å². The molecule has 1 N–H and O–H groups in total. The van der Waals surface area contributed by atoms with Crippen LogP contribution in [0.5, 0.6) is 5.75 Å². The maximum Gasteiger partial charge on any atom is 0.251 e. The van der Waals surface area contributed by atoms with E-state index in [4.69, 9.17) is 16.3 Å². The van der Waals surface area contributed by atoms with Crippen molar-refractivity contribution in [3.63, 3.8) is 0 Å². The third kappa shape index (κ3) is 4.90. The zero-order valence-electron chi connectivity index (χ0n) is 18.0. The maximum absolute atomic E-state index is 12.9. The van der Waals surface area contributed by atoms with Crippen molar-refractivity contribution < 1.29 is 17.9 Å². The largest absolute Gasteiger partial charge is 0.495 e. The molecule has 170 valence electrons. The van der Waals surface area contributed by atoms with Crippen LogP contribution in [0.1, 0.15) is 19.4 Å². The molecular weight excluding hydrogens is 456 g/mol. The molecule has 10 nitrogen and oxygen atoms in total. The quantitative estimate of drug-likeness (QED) is 0.528. The highest BCUT2D eigenvalue weighted by molar-refractivity contribution is 7.89. The number of hydrogen-bond acceptors (Lipinski definition) is 7. The first-order chi connectivity index (χ1) is 15.2. The van der Waals surface area contributed by atoms with Gasteiger partial charge in [-0.1, -0.05) is 18.5 Å². The van der Waals surface area contributed by atoms with Gasteiger partial charge in [0.25, 0.3) is 5.91 Å². The number of carbonyl (C=O) groups is 1. The fraction of sp³-hybridized carbons (Fsp3) is 0.300. The summed E-state index contributed by atoms with van der Waals surface area (Å²) in [5.41, 5.74) is 1.01. The monoisotopic (exact) mass is 478 g/mol. The number of sulfonamides is 1. The number of anilines is 1. The highest BCUT2D eigenvalue weighted by atomic mass is 35.5. The van der Waals surface area contributed by atoms with E-state index < -0.39 is 22.0 Å². The van der Waals surface area contributed by atoms with Gasteiger partial charge < -0.3 is 10.1 Å². The smallest absolute Gasteiger partial charge is 0.251 e. The molecule has 12 heteroatoms. The highest BCUT2D eigenvalue weighted by Gasteiger charge is 2.25. The van der Waals surface area contributed by atoms with Gasteiger partial charge in [0.2, 0.25) is 15.8 Å². The number of aromatic nitrogens is 4. The summed E-state index contributed by atoms with van der Waals surface area (Å²) < 4.78 is 31.5. The molecule has 0 saturated carbocycles. The van der Waals surface area contributed by atoms with Gasteiger partial charge in [-0.25, -0.2) is 12.7 Å². The number of tetrazole rings is 1. The molecule has 0 aliphatic rings. The molecule has 2 aromatic carbocycles. The zero-order valence-corrected chi connectivity index (χ0v) is 19.6. The molecule has 32 heavy (non-hydrogen) atoms. The number of halogens is 1. The Kier molecular flexibility index (Phi) is 7.12. The minimum atomic E-state index is -3.78. The third-order valence-electron chi connectivity index (χ3n) is 4.69. The molecule has 3 rings (SSSR count). The topological polar surface area (TPSA) is 119 Å². The normalized spacial score (nSPS) is 12.6. The minimum Gasteiger partial charge on any atom is -0.495 e. The van der Waals surface area contributed by atoms with Gasteiger partial charge in [-0.2, -0.15) is 4.80 Å². The van der Waals surface area contributed by atoms with E-state index in [0.717, 1.165) is 4.31 Å². The summed E-state index contributed by atoms with van der Waals surface area (Å²) in [6.07, 6.45) is 0.390. The van der Waals surface area contributed by atoms with Crippen LogP contribution >= 0.6 is 11.6 Å². The maximum atomic E-state index is 12.9. The standard InChI is InChI=1S/C20H23ClN6O4S/c1-5-16(27-24-19(23-25-27)13-6-8-14(21)9-7-13)20(28)22-15-10-11-17(31-4)18(12-15)32(29,30)26(2)3/h6-12,16H,5H2,1-4H3,(H,22,28)/t16-/m0/s1. The SMILES string of the molecule is CC[C@@H](C(=O)Nc1ccc(OC)c(S(=O)(=O)N(C)C)c1)n1nnc(-c2ccc(Cl)cc2)n1. The highest BCUT2D eigenvalue weighted by Crippen LogP contribution is 2.29. The molecule has 1 atom stereocenters. The fourth-order valence-corrected chi connectivity index (χ4v) is 4.10. The molecule has 0 saturated heterocycles. The molecule has 0 aliphatic carbocycles. The minimum absolute atomic E-state index is 0.0558. The van der Waals surface area contributed by atoms with Crippen molar-refractivity contribution in [3.8, 4) is 17.1 Å². The molecule has 0 bridgehead atoms. The molecule has 0 unspecified atom stereocenters. The van der Waals surface area contributed by atoms with Crippen LogP contribution in [-0.2, 0) is 14.8 Å². The van der Waals surface area contributed by atoms with Crippen LogP contribution in [0.25, 0.3) is 11.4 Å². The van der Waals surface area contributed by atoms with Crippen LogP contribution in [0.4, 0.5) is 5.69 Å². The average Bonchev–Trinajstić information content (AvgIpc) is 3.24. The zero-order chi connectivity index (χ0) is 23.5. The second-order valence-corrected chi connectivity index (χ2v) is 9.56. The van der Waals surface area contributed by atoms with E-state index in [1.165, 1.54) is 38.1 Å². The van der Waals surface area contributed by atoms with Crippen LogP contribution in [0, 0.1) is 0 Å². The predicted molar refractivity (Wildman–Crippen MR) is 120 cm³/mol. The number of nitrogens with zero attached hydrogens (tertiary/aromatic N) is 5. The van der Waals surface area contributed by atoms with E-state index in [0.29, 0.717) is 28.5 Å². The lowest BCUT2D eigenvalue weighted by Gasteiger charge is -2.17. The molecule has 0 fully saturated rings. The summed E-state index contributed by atoms with van der Waals surface area (Å²) in [5.74, 6) is 0.122. The van der Waals surface area contributed by atoms with Crippen LogP contribution in [0.2, 0.25) is 5.02 Å². The Labute approximate surface area is 191 Å². The summed E-state index contributed by atoms with van der Waals surface area (Å²) in [7, 11) is 0.437. The van der Waals surface area contributed by atoms with Gasteiger partial charge in [-0.3, -0.25) is 4.79 Å². The van der Waals surface area contributed by atoms with E-state index in [-0.39, 0.29) is 10.6 Å². The van der Waals surface area contributed by atoms with E-state index in [9.17, 15) is 13.2 Å². The van der Waals surface area contributed by atoms with Crippen LogP contribution in [-0.4, -0.2) is 60.0 Å². The van der Waals surface area contributed by atoms with Crippen molar-refractivity contribution in [2.75, 3.05) is 26.5 Å². The van der Waals surface area contributed by atoms with Crippen LogP contribution < -0.4 is 10.1 Å². The van der Waals surface area contributed by atoms with Crippen LogP contribution in [0.15, 0.2) is 47.4 Å². The number of carbonyl (C=O) groups excluding carboxylic acids is 1. The lowest BCUT2D eigenvalue weighted by Crippen LogP contribution is -2.27. The first-order valence-electron chi connectivity index (χ1n) is 9.64. The molecule has 1 amide bonds. The number of methoxy groups -OCH3 is 1. The van der Waals surface area contributed by atoms with Gasteiger partial charge in [0.1, 0.15) is 10.6 Å². The first kappa shape index (κ1) is 23.6. The summed E-state index contributed by atoms with van der Waals surface area (Å²) in [4.78, 5) is 14.1. The Morgan fingerprint density at radius 3 is 2.50 bits per heavy atom. The number of benzene rings is 2. The van der Waals surface area contributed by atoms with E-state index in [1.807, 2.05) is 6.92 Å². The van der Waals surface area contributed by atoms with E-state index >= 15 is 0 Å². The molecule has 0 spiro atoms. The molecule has 1 aromatic heterocycles. The number of nitrogens with one attached hydrogen (secondary N) is 1. The Balaban J connectivity index is 1.85. The summed E-state index contributed by atoms with van der Waals surface area (Å²) in [5, 5.41) is 15.7. The Bertz CT molecular complexity index is 1210. The summed E-state index contributed by atoms with van der Waals surface area (Å²) in [6, 6.07) is 10.6. The molecule has 3 aromatic rings. The van der Waals surface area contributed by atoms with Crippen molar-refractivity contribution >= 4 is 33.2 Å². The molecule has 0 aliphatic heterocycles. The second-order valence-electron chi connectivity index (χ2n) is 7.01. The number of ether oxygens (including phenoxy) is 1. The van der Waals surface area contributed by atoms with Crippen molar-refractivity contribution in [3.05, 3.63) is 47.5 Å². The predicted octanol–water partition coefficient (Wildman–Crippen LogP) is 2.84. The summed E-state index contributed by atoms with van der Waals surface area (Å²) >= 11 is 5.91. The first-order valence-corrected chi connectivity index (χ1v) is 11.5. The molecular formula is C20H23ClN6O4S. The Morgan fingerprint density at radius 1 is 1.22 bits per heavy atom. The molecule has 1 heterocycles. The Morgan fingerprint density at radius 2 is 1.91 bits per heavy atom. The van der Waals surface area contributed by atoms with Gasteiger partial charge in [0.15, 0.2) is 6.04 Å². The number of rotatable bonds is 8. The van der Waals surface area contributed by atoms with Crippen molar-refractivity contribution in [2.45, 2.75) is 24.3 Å². The lowest BCUT2D eigenvalue weighted by atomic mass is 10.2. The second kappa shape index (κ2) is 9.63. The van der Waals surface area contributed by atoms with Gasteiger partial charge >= 0.3 is 0 Å². The van der Waals surface area contributed by atoms with Crippen LogP contribution in [0.3, 0.4) is 0 Å². The van der Waals surface area contributed by atoms with Crippen molar-refractivity contribution in [1.82, 2.24) is 24.5 Å². The lowest BCUT2D eigenvalue weighted by molar-refractivity contribution is -0.120. The summed E-state index contributed by atoms with van der Waals surface area (Å²) in [6.45, 7) is 1.81. The van der Waals surface area contributed by atoms with Gasteiger partial charge in [-0.15, -0.1) is 10.2 Å². The van der Waals surface area contributed by atoms with Gasteiger partial charge in [0.05, 0.1) is 7.11 Å². The van der Waals surface area contributed by atoms with E-state index in [2.05, 4.69) is 20.7 Å².